The summed E-state index contributed by atoms with van der Waals surface area (Å²) < 4.78 is 27.0. The lowest BCUT2D eigenvalue weighted by Gasteiger charge is -2.30. The van der Waals surface area contributed by atoms with Gasteiger partial charge in [0, 0.05) is 26.7 Å². The first-order valence-corrected chi connectivity index (χ1v) is 7.04. The summed E-state index contributed by atoms with van der Waals surface area (Å²) in [5.41, 5.74) is 5.37. The van der Waals surface area contributed by atoms with E-state index >= 15 is 0 Å². The Morgan fingerprint density at radius 1 is 1.19 bits per heavy atom. The standard InChI is InChI=1S/C10H25N3O2S/c1-9(2)10(3)13(5)16(14,15)12(4)8-6-7-11/h9-10H,6-8,11H2,1-5H3. The second-order valence-electron chi connectivity index (χ2n) is 4.47. The molecule has 0 heterocycles. The van der Waals surface area contributed by atoms with Crippen LogP contribution in [0.1, 0.15) is 27.2 Å². The maximum atomic E-state index is 12.1. The van der Waals surface area contributed by atoms with E-state index in [4.69, 9.17) is 5.73 Å². The van der Waals surface area contributed by atoms with Gasteiger partial charge in [-0.3, -0.25) is 0 Å². The normalized spacial score (nSPS) is 15.1. The molecule has 16 heavy (non-hydrogen) atoms. The Kier molecular flexibility index (Phi) is 6.47. The van der Waals surface area contributed by atoms with E-state index in [2.05, 4.69) is 0 Å². The highest BCUT2D eigenvalue weighted by molar-refractivity contribution is 7.86. The van der Waals surface area contributed by atoms with E-state index in [-0.39, 0.29) is 6.04 Å². The van der Waals surface area contributed by atoms with Gasteiger partial charge in [0.15, 0.2) is 0 Å². The van der Waals surface area contributed by atoms with Crippen molar-refractivity contribution in [3.8, 4) is 0 Å². The summed E-state index contributed by atoms with van der Waals surface area (Å²) in [6.45, 7) is 6.91. The van der Waals surface area contributed by atoms with E-state index in [1.165, 1.54) is 8.61 Å². The van der Waals surface area contributed by atoms with Gasteiger partial charge >= 0.3 is 0 Å². The largest absolute Gasteiger partial charge is 0.330 e. The first kappa shape index (κ1) is 15.8. The third kappa shape index (κ3) is 4.01. The fraction of sp³-hybridized carbons (Fsp3) is 1.00. The van der Waals surface area contributed by atoms with Crippen LogP contribution in [0.4, 0.5) is 0 Å². The van der Waals surface area contributed by atoms with Crippen molar-refractivity contribution in [3.63, 3.8) is 0 Å². The molecule has 0 fully saturated rings. The molecule has 98 valence electrons. The SMILES string of the molecule is CC(C)C(C)N(C)S(=O)(=O)N(C)CCCN. The Labute approximate surface area is 99.8 Å². The van der Waals surface area contributed by atoms with Crippen LogP contribution in [0.5, 0.6) is 0 Å². The molecule has 0 aliphatic carbocycles. The summed E-state index contributed by atoms with van der Waals surface area (Å²) in [6.07, 6.45) is 0.680. The molecule has 0 saturated carbocycles. The van der Waals surface area contributed by atoms with Crippen LogP contribution < -0.4 is 5.73 Å². The predicted octanol–water partition coefficient (Wildman–Crippen LogP) is 0.488. The second kappa shape index (κ2) is 6.54. The first-order chi connectivity index (χ1) is 7.25. The molecule has 5 nitrogen and oxygen atoms in total. The topological polar surface area (TPSA) is 66.6 Å². The van der Waals surface area contributed by atoms with Crippen LogP contribution in [0.25, 0.3) is 0 Å². The van der Waals surface area contributed by atoms with Gasteiger partial charge in [-0.25, -0.2) is 0 Å². The van der Waals surface area contributed by atoms with E-state index in [0.29, 0.717) is 25.4 Å². The van der Waals surface area contributed by atoms with Crippen molar-refractivity contribution in [3.05, 3.63) is 0 Å². The Balaban J connectivity index is 4.65. The van der Waals surface area contributed by atoms with E-state index < -0.39 is 10.2 Å². The molecule has 0 rings (SSSR count). The van der Waals surface area contributed by atoms with Crippen molar-refractivity contribution < 1.29 is 8.42 Å². The van der Waals surface area contributed by atoms with Gasteiger partial charge in [-0.05, 0) is 25.8 Å². The van der Waals surface area contributed by atoms with E-state index in [1.54, 1.807) is 14.1 Å². The quantitative estimate of drug-likeness (QED) is 0.716. The van der Waals surface area contributed by atoms with Gasteiger partial charge in [0.25, 0.3) is 10.2 Å². The molecule has 0 spiro atoms. The minimum absolute atomic E-state index is 0.00896. The zero-order valence-corrected chi connectivity index (χ0v) is 11.8. The van der Waals surface area contributed by atoms with Crippen LogP contribution in [0.15, 0.2) is 0 Å². The average Bonchev–Trinajstić information content (AvgIpc) is 2.23. The van der Waals surface area contributed by atoms with E-state index in [9.17, 15) is 8.42 Å². The highest BCUT2D eigenvalue weighted by Crippen LogP contribution is 2.14. The molecule has 0 bridgehead atoms. The molecule has 1 atom stereocenters. The summed E-state index contributed by atoms with van der Waals surface area (Å²) >= 11 is 0. The minimum Gasteiger partial charge on any atom is -0.330 e. The minimum atomic E-state index is -3.34. The lowest BCUT2D eigenvalue weighted by Crippen LogP contribution is -2.46. The Bertz CT molecular complexity index is 290. The maximum absolute atomic E-state index is 12.1. The van der Waals surface area contributed by atoms with Crippen LogP contribution in [0.2, 0.25) is 0 Å². The number of hydrogen-bond donors (Lipinski definition) is 1. The van der Waals surface area contributed by atoms with E-state index in [0.717, 1.165) is 0 Å². The molecule has 0 amide bonds. The first-order valence-electron chi connectivity index (χ1n) is 5.64. The molecule has 0 aliphatic rings. The summed E-state index contributed by atoms with van der Waals surface area (Å²) in [5, 5.41) is 0. The molecule has 0 aliphatic heterocycles. The van der Waals surface area contributed by atoms with Gasteiger partial charge in [0.1, 0.15) is 0 Å². The van der Waals surface area contributed by atoms with Crippen LogP contribution >= 0.6 is 0 Å². The summed E-state index contributed by atoms with van der Waals surface area (Å²) in [6, 6.07) is -0.00896. The van der Waals surface area contributed by atoms with Crippen molar-refractivity contribution in [2.45, 2.75) is 33.2 Å². The van der Waals surface area contributed by atoms with Crippen LogP contribution in [-0.4, -0.2) is 50.3 Å². The van der Waals surface area contributed by atoms with Crippen molar-refractivity contribution in [1.29, 1.82) is 0 Å². The molecule has 0 aromatic carbocycles. The summed E-state index contributed by atoms with van der Waals surface area (Å²) in [4.78, 5) is 0. The Morgan fingerprint density at radius 3 is 2.06 bits per heavy atom. The zero-order chi connectivity index (χ0) is 12.9. The molecule has 6 heteroatoms. The van der Waals surface area contributed by atoms with Crippen molar-refractivity contribution in [1.82, 2.24) is 8.61 Å². The average molecular weight is 251 g/mol. The number of nitrogens with two attached hydrogens (primary N) is 1. The Hall–Kier alpha value is -0.170. The molecule has 2 N–H and O–H groups in total. The molecule has 0 aromatic rings. The zero-order valence-electron chi connectivity index (χ0n) is 11.0. The van der Waals surface area contributed by atoms with Gasteiger partial charge in [-0.15, -0.1) is 0 Å². The van der Waals surface area contributed by atoms with Crippen LogP contribution in [0.3, 0.4) is 0 Å². The van der Waals surface area contributed by atoms with Crippen molar-refractivity contribution >= 4 is 10.2 Å². The molecular formula is C10H25N3O2S. The smallest absolute Gasteiger partial charge is 0.281 e. The maximum Gasteiger partial charge on any atom is 0.281 e. The highest BCUT2D eigenvalue weighted by Gasteiger charge is 2.28. The van der Waals surface area contributed by atoms with Gasteiger partial charge < -0.3 is 5.73 Å². The van der Waals surface area contributed by atoms with Gasteiger partial charge in [-0.1, -0.05) is 13.8 Å². The summed E-state index contributed by atoms with van der Waals surface area (Å²) in [5.74, 6) is 0.294. The fourth-order valence-electron chi connectivity index (χ4n) is 1.28. The van der Waals surface area contributed by atoms with E-state index in [1.807, 2.05) is 20.8 Å². The second-order valence-corrected chi connectivity index (χ2v) is 6.57. The van der Waals surface area contributed by atoms with Crippen molar-refractivity contribution in [2.75, 3.05) is 27.2 Å². The van der Waals surface area contributed by atoms with Crippen molar-refractivity contribution in [2.24, 2.45) is 11.7 Å². The molecule has 1 unspecified atom stereocenters. The molecule has 0 radical (unpaired) electrons. The molecular weight excluding hydrogens is 226 g/mol. The number of rotatable bonds is 7. The van der Waals surface area contributed by atoms with Crippen LogP contribution in [0, 0.1) is 5.92 Å². The number of nitrogens with zero attached hydrogens (tertiary/aromatic N) is 2. The molecule has 0 aromatic heterocycles. The number of hydrogen-bond acceptors (Lipinski definition) is 3. The van der Waals surface area contributed by atoms with Gasteiger partial charge in [-0.2, -0.15) is 17.0 Å². The molecule has 0 saturated heterocycles. The Morgan fingerprint density at radius 2 is 1.69 bits per heavy atom. The van der Waals surface area contributed by atoms with Gasteiger partial charge in [0.05, 0.1) is 0 Å². The fourth-order valence-corrected chi connectivity index (χ4v) is 2.74. The highest BCUT2D eigenvalue weighted by atomic mass is 32.2. The monoisotopic (exact) mass is 251 g/mol. The van der Waals surface area contributed by atoms with Gasteiger partial charge in [0.2, 0.25) is 0 Å². The lowest BCUT2D eigenvalue weighted by atomic mass is 10.1. The predicted molar refractivity (Wildman–Crippen MR) is 67.3 cm³/mol. The third-order valence-electron chi connectivity index (χ3n) is 2.97. The lowest BCUT2D eigenvalue weighted by molar-refractivity contribution is 0.292. The third-order valence-corrected chi connectivity index (χ3v) is 5.00. The van der Waals surface area contributed by atoms with Crippen LogP contribution in [-0.2, 0) is 10.2 Å². The summed E-state index contributed by atoms with van der Waals surface area (Å²) in [7, 11) is -0.129.